The summed E-state index contributed by atoms with van der Waals surface area (Å²) in [6, 6.07) is 5.46. The molecule has 1 aliphatic rings. The molecule has 1 aliphatic heterocycles. The van der Waals surface area contributed by atoms with Crippen LogP contribution in [-0.4, -0.2) is 37.8 Å². The first kappa shape index (κ1) is 19.1. The fourth-order valence-corrected chi connectivity index (χ4v) is 3.26. The summed E-state index contributed by atoms with van der Waals surface area (Å²) < 4.78 is 1.98. The highest BCUT2D eigenvalue weighted by atomic mass is 16.2. The van der Waals surface area contributed by atoms with Gasteiger partial charge in [-0.3, -0.25) is 14.6 Å². The molecule has 7 nitrogen and oxygen atoms in total. The van der Waals surface area contributed by atoms with Crippen molar-refractivity contribution in [3.63, 3.8) is 0 Å². The summed E-state index contributed by atoms with van der Waals surface area (Å²) in [7, 11) is 0. The number of rotatable bonds is 6. The average molecular weight is 369 g/mol. The van der Waals surface area contributed by atoms with E-state index in [2.05, 4.69) is 29.1 Å². The molecule has 3 rings (SSSR count). The van der Waals surface area contributed by atoms with E-state index in [0.29, 0.717) is 37.7 Å². The third kappa shape index (κ3) is 4.53. The van der Waals surface area contributed by atoms with Crippen LogP contribution < -0.4 is 5.32 Å². The molecule has 0 aromatic carbocycles. The smallest absolute Gasteiger partial charge is 0.271 e. The van der Waals surface area contributed by atoms with Gasteiger partial charge in [0.1, 0.15) is 11.5 Å². The Kier molecular flexibility index (Phi) is 5.88. The summed E-state index contributed by atoms with van der Waals surface area (Å²) in [6.45, 7) is 7.88. The molecular formula is C20H27N5O2. The van der Waals surface area contributed by atoms with Gasteiger partial charge in [-0.1, -0.05) is 19.9 Å². The fraction of sp³-hybridized carbons (Fsp3) is 0.500. The molecule has 0 aliphatic carbocycles. The van der Waals surface area contributed by atoms with Gasteiger partial charge in [-0.15, -0.1) is 0 Å². The molecular weight excluding hydrogens is 342 g/mol. The van der Waals surface area contributed by atoms with E-state index in [9.17, 15) is 9.59 Å². The summed E-state index contributed by atoms with van der Waals surface area (Å²) in [4.78, 5) is 35.5. The first-order valence-electron chi connectivity index (χ1n) is 9.50. The van der Waals surface area contributed by atoms with Crippen molar-refractivity contribution >= 4 is 11.8 Å². The Labute approximate surface area is 159 Å². The molecule has 2 aromatic rings. The van der Waals surface area contributed by atoms with Crippen LogP contribution in [0.2, 0.25) is 0 Å². The van der Waals surface area contributed by atoms with Crippen molar-refractivity contribution in [1.82, 2.24) is 24.8 Å². The van der Waals surface area contributed by atoms with Crippen LogP contribution in [0.1, 0.15) is 61.7 Å². The first-order valence-corrected chi connectivity index (χ1v) is 9.50. The minimum Gasteiger partial charge on any atom is -0.345 e. The zero-order valence-corrected chi connectivity index (χ0v) is 16.2. The number of aromatic nitrogens is 3. The molecule has 1 N–H and O–H groups in total. The van der Waals surface area contributed by atoms with Gasteiger partial charge < -0.3 is 14.8 Å². The number of hydrogen-bond acceptors (Lipinski definition) is 4. The Morgan fingerprint density at radius 3 is 2.81 bits per heavy atom. The number of pyridine rings is 1. The molecule has 2 aromatic heterocycles. The number of nitrogens with zero attached hydrogens (tertiary/aromatic N) is 4. The molecule has 0 saturated carbocycles. The number of amides is 2. The van der Waals surface area contributed by atoms with E-state index in [0.717, 1.165) is 17.9 Å². The Balaban J connectivity index is 1.65. The number of nitrogens with one attached hydrogen (secondary N) is 1. The minimum atomic E-state index is -0.229. The largest absolute Gasteiger partial charge is 0.345 e. The number of hydrogen-bond donors (Lipinski definition) is 1. The summed E-state index contributed by atoms with van der Waals surface area (Å²) >= 11 is 0. The zero-order valence-electron chi connectivity index (χ0n) is 16.2. The average Bonchev–Trinajstić information content (AvgIpc) is 3.10. The van der Waals surface area contributed by atoms with Crippen molar-refractivity contribution in [3.8, 4) is 0 Å². The van der Waals surface area contributed by atoms with Gasteiger partial charge in [0.05, 0.1) is 18.3 Å². The topological polar surface area (TPSA) is 80.1 Å². The maximum absolute atomic E-state index is 12.5. The molecule has 0 unspecified atom stereocenters. The zero-order chi connectivity index (χ0) is 19.4. The lowest BCUT2D eigenvalue weighted by Gasteiger charge is -2.34. The standard InChI is InChI=1S/C20H27N5O2/c1-14(2)7-8-18(26)25-11-10-24-13-17(23-19(24)15(25)3)20(27)22-12-16-6-4-5-9-21-16/h4-6,9,13-15H,7-8,10-12H2,1-3H3,(H,22,27)/t15-/m0/s1. The van der Waals surface area contributed by atoms with Crippen molar-refractivity contribution in [2.75, 3.05) is 6.54 Å². The van der Waals surface area contributed by atoms with Crippen LogP contribution in [-0.2, 0) is 17.9 Å². The number of imidazole rings is 1. The van der Waals surface area contributed by atoms with Crippen molar-refractivity contribution in [1.29, 1.82) is 0 Å². The van der Waals surface area contributed by atoms with E-state index >= 15 is 0 Å². The van der Waals surface area contributed by atoms with Crippen LogP contribution >= 0.6 is 0 Å². The van der Waals surface area contributed by atoms with E-state index in [-0.39, 0.29) is 17.9 Å². The van der Waals surface area contributed by atoms with Crippen LogP contribution in [0.25, 0.3) is 0 Å². The van der Waals surface area contributed by atoms with Crippen LogP contribution in [0.4, 0.5) is 0 Å². The molecule has 0 saturated heterocycles. The molecule has 0 spiro atoms. The maximum atomic E-state index is 12.5. The summed E-state index contributed by atoms with van der Waals surface area (Å²) in [5.41, 5.74) is 1.18. The maximum Gasteiger partial charge on any atom is 0.271 e. The van der Waals surface area contributed by atoms with E-state index < -0.39 is 0 Å². The summed E-state index contributed by atoms with van der Waals surface area (Å²) in [6.07, 6.45) is 4.91. The highest BCUT2D eigenvalue weighted by Crippen LogP contribution is 2.26. The molecule has 0 radical (unpaired) electrons. The summed E-state index contributed by atoms with van der Waals surface area (Å²) in [5, 5.41) is 2.85. The lowest BCUT2D eigenvalue weighted by Crippen LogP contribution is -2.41. The molecule has 1 atom stereocenters. The van der Waals surface area contributed by atoms with Crippen molar-refractivity contribution in [3.05, 3.63) is 47.8 Å². The van der Waals surface area contributed by atoms with Gasteiger partial charge in [-0.05, 0) is 31.4 Å². The third-order valence-corrected chi connectivity index (χ3v) is 4.88. The first-order chi connectivity index (χ1) is 13.0. The van der Waals surface area contributed by atoms with Crippen LogP contribution in [0.15, 0.2) is 30.6 Å². The number of carbonyl (C=O) groups excluding carboxylic acids is 2. The highest BCUT2D eigenvalue weighted by molar-refractivity contribution is 5.92. The lowest BCUT2D eigenvalue weighted by atomic mass is 10.1. The monoisotopic (exact) mass is 369 g/mol. The van der Waals surface area contributed by atoms with Gasteiger partial charge in [0.25, 0.3) is 5.91 Å². The molecule has 7 heteroatoms. The van der Waals surface area contributed by atoms with E-state index in [4.69, 9.17) is 0 Å². The van der Waals surface area contributed by atoms with Gasteiger partial charge >= 0.3 is 0 Å². The predicted octanol–water partition coefficient (Wildman–Crippen LogP) is 2.55. The van der Waals surface area contributed by atoms with Gasteiger partial charge in [0.2, 0.25) is 5.91 Å². The molecule has 27 heavy (non-hydrogen) atoms. The SMILES string of the molecule is CC(C)CCC(=O)N1CCn2cc(C(=O)NCc3ccccn3)nc2[C@@H]1C. The highest BCUT2D eigenvalue weighted by Gasteiger charge is 2.30. The lowest BCUT2D eigenvalue weighted by molar-refractivity contribution is -0.134. The number of fused-ring (bicyclic) bond motifs is 1. The van der Waals surface area contributed by atoms with Crippen molar-refractivity contribution in [2.45, 2.75) is 52.7 Å². The van der Waals surface area contributed by atoms with Gasteiger partial charge in [-0.2, -0.15) is 0 Å². The Morgan fingerprint density at radius 2 is 2.11 bits per heavy atom. The molecule has 0 bridgehead atoms. The van der Waals surface area contributed by atoms with Crippen molar-refractivity contribution < 1.29 is 9.59 Å². The predicted molar refractivity (Wildman–Crippen MR) is 102 cm³/mol. The van der Waals surface area contributed by atoms with Gasteiger partial charge in [0.15, 0.2) is 0 Å². The molecule has 2 amide bonds. The van der Waals surface area contributed by atoms with Gasteiger partial charge in [0, 0.05) is 31.9 Å². The van der Waals surface area contributed by atoms with Crippen LogP contribution in [0.5, 0.6) is 0 Å². The second-order valence-corrected chi connectivity index (χ2v) is 7.38. The van der Waals surface area contributed by atoms with Gasteiger partial charge in [-0.25, -0.2) is 4.98 Å². The Morgan fingerprint density at radius 1 is 1.30 bits per heavy atom. The van der Waals surface area contributed by atoms with Crippen LogP contribution in [0.3, 0.4) is 0 Å². The molecule has 144 valence electrons. The summed E-state index contributed by atoms with van der Waals surface area (Å²) in [5.74, 6) is 1.20. The Bertz CT molecular complexity index is 800. The van der Waals surface area contributed by atoms with Crippen LogP contribution in [0, 0.1) is 5.92 Å². The van der Waals surface area contributed by atoms with E-state index in [1.54, 1.807) is 12.4 Å². The normalized spacial score (nSPS) is 16.3. The minimum absolute atomic E-state index is 0.129. The molecule has 0 fully saturated rings. The van der Waals surface area contributed by atoms with E-state index in [1.807, 2.05) is 34.6 Å². The molecule has 3 heterocycles. The van der Waals surface area contributed by atoms with E-state index in [1.165, 1.54) is 0 Å². The third-order valence-electron chi connectivity index (χ3n) is 4.88. The second-order valence-electron chi connectivity index (χ2n) is 7.38. The fourth-order valence-electron chi connectivity index (χ4n) is 3.26. The second kappa shape index (κ2) is 8.33. The Hall–Kier alpha value is -2.70. The quantitative estimate of drug-likeness (QED) is 0.849. The van der Waals surface area contributed by atoms with Crippen molar-refractivity contribution in [2.24, 2.45) is 5.92 Å². The number of carbonyl (C=O) groups is 2.